The minimum absolute atomic E-state index is 0.0258. The lowest BCUT2D eigenvalue weighted by Crippen LogP contribution is -2.52. The van der Waals surface area contributed by atoms with Gasteiger partial charge in [-0.2, -0.15) is 0 Å². The lowest BCUT2D eigenvalue weighted by Gasteiger charge is -2.29. The van der Waals surface area contributed by atoms with E-state index in [1.165, 1.54) is 11.8 Å². The van der Waals surface area contributed by atoms with Crippen LogP contribution in [0.5, 0.6) is 0 Å². The molecule has 2 rings (SSSR count). The summed E-state index contributed by atoms with van der Waals surface area (Å²) in [5, 5.41) is 19.7. The number of thioether (sulfide) groups is 1. The van der Waals surface area contributed by atoms with Crippen LogP contribution in [0.3, 0.4) is 0 Å². The Bertz CT molecular complexity index is 566. The van der Waals surface area contributed by atoms with E-state index in [1.807, 2.05) is 13.8 Å². The van der Waals surface area contributed by atoms with Gasteiger partial charge in [-0.1, -0.05) is 18.7 Å². The second-order valence-corrected chi connectivity index (χ2v) is 7.15. The molecule has 0 amide bonds. The van der Waals surface area contributed by atoms with Gasteiger partial charge in [0.05, 0.1) is 0 Å². The van der Waals surface area contributed by atoms with Crippen LogP contribution < -0.4 is 11.0 Å². The average Bonchev–Trinajstić information content (AvgIpc) is 3.12. The van der Waals surface area contributed by atoms with E-state index >= 15 is 0 Å². The highest BCUT2D eigenvalue weighted by molar-refractivity contribution is 7.99. The molecule has 1 heterocycles. The summed E-state index contributed by atoms with van der Waals surface area (Å²) in [6, 6.07) is 0.322. The zero-order valence-corrected chi connectivity index (χ0v) is 13.4. The molecule has 1 saturated carbocycles. The molecule has 1 fully saturated rings. The highest BCUT2D eigenvalue weighted by atomic mass is 32.2. The number of H-pyrrole nitrogens is 1. The Labute approximate surface area is 127 Å². The zero-order valence-electron chi connectivity index (χ0n) is 12.5. The normalized spacial score (nSPS) is 19.2. The van der Waals surface area contributed by atoms with Gasteiger partial charge in [0.2, 0.25) is 0 Å². The third-order valence-corrected chi connectivity index (χ3v) is 4.71. The smallest absolute Gasteiger partial charge is 0.343 e. The Morgan fingerprint density at radius 3 is 2.86 bits per heavy atom. The maximum absolute atomic E-state index is 11.6. The molecule has 2 atom stereocenters. The van der Waals surface area contributed by atoms with Crippen molar-refractivity contribution in [2.75, 3.05) is 0 Å². The monoisotopic (exact) mass is 314 g/mol. The van der Waals surface area contributed by atoms with Crippen LogP contribution in [-0.2, 0) is 11.3 Å². The first-order valence-electron chi connectivity index (χ1n) is 7.18. The molecule has 0 saturated heterocycles. The van der Waals surface area contributed by atoms with Crippen LogP contribution in [0.15, 0.2) is 9.95 Å². The number of hydrogen-bond donors (Lipinski definition) is 3. The fraction of sp³-hybridized carbons (Fsp3) is 0.769. The van der Waals surface area contributed by atoms with Crippen molar-refractivity contribution in [1.29, 1.82) is 0 Å². The van der Waals surface area contributed by atoms with E-state index in [2.05, 4.69) is 15.5 Å². The zero-order chi connectivity index (χ0) is 15.6. The summed E-state index contributed by atoms with van der Waals surface area (Å²) in [6.07, 6.45) is 2.55. The predicted molar refractivity (Wildman–Crippen MR) is 80.7 cm³/mol. The topological polar surface area (TPSA) is 100 Å². The Morgan fingerprint density at radius 2 is 2.33 bits per heavy atom. The van der Waals surface area contributed by atoms with E-state index in [-0.39, 0.29) is 10.9 Å². The van der Waals surface area contributed by atoms with Crippen molar-refractivity contribution in [3.05, 3.63) is 10.5 Å². The van der Waals surface area contributed by atoms with Crippen molar-refractivity contribution in [1.82, 2.24) is 20.1 Å². The molecular weight excluding hydrogens is 292 g/mol. The van der Waals surface area contributed by atoms with Crippen molar-refractivity contribution in [2.45, 2.75) is 68.6 Å². The second-order valence-electron chi connectivity index (χ2n) is 5.74. The summed E-state index contributed by atoms with van der Waals surface area (Å²) in [4.78, 5) is 23.1. The summed E-state index contributed by atoms with van der Waals surface area (Å²) in [7, 11) is 0. The number of hydrogen-bond acceptors (Lipinski definition) is 5. The Hall–Kier alpha value is -1.28. The third kappa shape index (κ3) is 3.88. The number of aromatic amines is 1. The van der Waals surface area contributed by atoms with E-state index in [4.69, 9.17) is 0 Å². The molecule has 0 aliphatic heterocycles. The first kappa shape index (κ1) is 16.1. The van der Waals surface area contributed by atoms with Crippen LogP contribution in [0.2, 0.25) is 0 Å². The quantitative estimate of drug-likeness (QED) is 0.620. The van der Waals surface area contributed by atoms with Crippen molar-refractivity contribution in [3.8, 4) is 0 Å². The lowest BCUT2D eigenvalue weighted by molar-refractivity contribution is -0.144. The minimum Gasteiger partial charge on any atom is -0.480 e. The van der Waals surface area contributed by atoms with E-state index in [1.54, 1.807) is 11.5 Å². The molecule has 1 aromatic rings. The van der Waals surface area contributed by atoms with E-state index in [0.29, 0.717) is 24.2 Å². The number of aromatic nitrogens is 3. The molecule has 1 aliphatic carbocycles. The second kappa shape index (κ2) is 6.23. The summed E-state index contributed by atoms with van der Waals surface area (Å²) >= 11 is 1.42. The summed E-state index contributed by atoms with van der Waals surface area (Å²) < 4.78 is 1.55. The van der Waals surface area contributed by atoms with Crippen LogP contribution in [0.1, 0.15) is 40.0 Å². The maximum atomic E-state index is 11.6. The molecule has 118 valence electrons. The summed E-state index contributed by atoms with van der Waals surface area (Å²) in [6.45, 7) is 6.10. The van der Waals surface area contributed by atoms with Gasteiger partial charge in [-0.05, 0) is 33.1 Å². The van der Waals surface area contributed by atoms with Gasteiger partial charge in [-0.25, -0.2) is 9.89 Å². The van der Waals surface area contributed by atoms with Crippen molar-refractivity contribution in [2.24, 2.45) is 0 Å². The molecule has 21 heavy (non-hydrogen) atoms. The minimum atomic E-state index is -0.943. The number of nitrogens with zero attached hydrogens (tertiary/aromatic N) is 2. The number of carboxylic acids is 1. The van der Waals surface area contributed by atoms with E-state index in [9.17, 15) is 14.7 Å². The van der Waals surface area contributed by atoms with Crippen molar-refractivity contribution in [3.63, 3.8) is 0 Å². The van der Waals surface area contributed by atoms with Crippen LogP contribution in [0.4, 0.5) is 0 Å². The summed E-state index contributed by atoms with van der Waals surface area (Å²) in [5.74, 6) is -0.836. The predicted octanol–water partition coefficient (Wildman–Crippen LogP) is 1.06. The van der Waals surface area contributed by atoms with Crippen LogP contribution in [0.25, 0.3) is 0 Å². The molecule has 0 aromatic carbocycles. The standard InChI is InChI=1S/C13H22N4O3S/c1-4-17-11(20)15-16-12(17)21-8(2)7-13(3,10(18)19)14-9-5-6-9/h8-9,14H,4-7H2,1-3H3,(H,15,20)(H,18,19). The number of rotatable bonds is 8. The molecule has 0 radical (unpaired) electrons. The lowest BCUT2D eigenvalue weighted by atomic mass is 9.96. The molecule has 0 spiro atoms. The first-order valence-corrected chi connectivity index (χ1v) is 8.06. The van der Waals surface area contributed by atoms with Gasteiger partial charge in [0.15, 0.2) is 5.16 Å². The molecular formula is C13H22N4O3S. The average molecular weight is 314 g/mol. The summed E-state index contributed by atoms with van der Waals surface area (Å²) in [5.41, 5.74) is -1.18. The van der Waals surface area contributed by atoms with Crippen LogP contribution in [-0.4, -0.2) is 42.7 Å². The molecule has 1 aliphatic rings. The third-order valence-electron chi connectivity index (χ3n) is 3.61. The van der Waals surface area contributed by atoms with E-state index in [0.717, 1.165) is 12.8 Å². The number of aliphatic carboxylic acids is 1. The van der Waals surface area contributed by atoms with Gasteiger partial charge in [0.1, 0.15) is 5.54 Å². The fourth-order valence-electron chi connectivity index (χ4n) is 2.35. The largest absolute Gasteiger partial charge is 0.480 e. The van der Waals surface area contributed by atoms with Gasteiger partial charge in [-0.3, -0.25) is 14.7 Å². The molecule has 8 heteroatoms. The Kier molecular flexibility index (Phi) is 4.77. The molecule has 0 bridgehead atoms. The highest BCUT2D eigenvalue weighted by Gasteiger charge is 2.39. The Balaban J connectivity index is 2.03. The number of carbonyl (C=O) groups is 1. The van der Waals surface area contributed by atoms with Crippen LogP contribution in [0, 0.1) is 0 Å². The van der Waals surface area contributed by atoms with Gasteiger partial charge in [0.25, 0.3) is 0 Å². The fourth-order valence-corrected chi connectivity index (χ4v) is 3.57. The van der Waals surface area contributed by atoms with Gasteiger partial charge < -0.3 is 5.11 Å². The first-order chi connectivity index (χ1) is 9.85. The highest BCUT2D eigenvalue weighted by Crippen LogP contribution is 2.30. The van der Waals surface area contributed by atoms with Crippen molar-refractivity contribution >= 4 is 17.7 Å². The van der Waals surface area contributed by atoms with Gasteiger partial charge in [0, 0.05) is 17.8 Å². The van der Waals surface area contributed by atoms with Gasteiger partial charge in [-0.15, -0.1) is 5.10 Å². The van der Waals surface area contributed by atoms with E-state index < -0.39 is 11.5 Å². The van der Waals surface area contributed by atoms with Crippen LogP contribution >= 0.6 is 11.8 Å². The molecule has 3 N–H and O–H groups in total. The van der Waals surface area contributed by atoms with Gasteiger partial charge >= 0.3 is 11.7 Å². The Morgan fingerprint density at radius 1 is 1.67 bits per heavy atom. The molecule has 7 nitrogen and oxygen atoms in total. The number of nitrogens with one attached hydrogen (secondary N) is 2. The SMILES string of the molecule is CCn1c(SC(C)CC(C)(NC2CC2)C(=O)O)n[nH]c1=O. The van der Waals surface area contributed by atoms with Crippen molar-refractivity contribution < 1.29 is 9.90 Å². The maximum Gasteiger partial charge on any atom is 0.343 e. The molecule has 2 unspecified atom stereocenters. The number of carboxylic acid groups (broad SMARTS) is 1. The molecule has 1 aromatic heterocycles.